The van der Waals surface area contributed by atoms with E-state index >= 15 is 0 Å². The van der Waals surface area contributed by atoms with Crippen molar-refractivity contribution < 1.29 is 34.8 Å². The molecule has 1 aliphatic rings. The lowest BCUT2D eigenvalue weighted by atomic mass is 9.97. The van der Waals surface area contributed by atoms with Crippen molar-refractivity contribution in [1.29, 1.82) is 0 Å². The summed E-state index contributed by atoms with van der Waals surface area (Å²) in [4.78, 5) is 15.9. The number of aliphatic hydroxyl groups is 3. The molecule has 106 valence electrons. The van der Waals surface area contributed by atoms with E-state index in [1.54, 1.807) is 13.8 Å². The van der Waals surface area contributed by atoms with Gasteiger partial charge in [0.2, 0.25) is 0 Å². The number of hydrogen-bond acceptors (Lipinski definition) is 7. The summed E-state index contributed by atoms with van der Waals surface area (Å²) in [6.45, 7) is 3.49. The predicted octanol–water partition coefficient (Wildman–Crippen LogP) is -1.85. The number of hydrogen-bond donors (Lipinski definition) is 4. The summed E-state index contributed by atoms with van der Waals surface area (Å²) in [6, 6.07) is -0.216. The largest absolute Gasteiger partial charge is 0.479 e. The van der Waals surface area contributed by atoms with Crippen LogP contribution in [0.2, 0.25) is 0 Å². The number of carboxylic acid groups (broad SMARTS) is 1. The second-order valence-electron chi connectivity index (χ2n) is 4.39. The summed E-state index contributed by atoms with van der Waals surface area (Å²) < 4.78 is 5.10. The van der Waals surface area contributed by atoms with Crippen molar-refractivity contribution in [2.24, 2.45) is 0 Å². The Kier molecular flexibility index (Phi) is 5.02. The van der Waals surface area contributed by atoms with Crippen LogP contribution in [-0.2, 0) is 14.4 Å². The number of rotatable bonds is 4. The second-order valence-corrected chi connectivity index (χ2v) is 4.39. The maximum atomic E-state index is 10.9. The van der Waals surface area contributed by atoms with Crippen molar-refractivity contribution in [2.75, 3.05) is 7.11 Å². The molecule has 5 atom stereocenters. The van der Waals surface area contributed by atoms with Crippen molar-refractivity contribution in [2.45, 2.75) is 50.5 Å². The smallest absolute Gasteiger partial charge is 0.335 e. The molecule has 0 amide bonds. The van der Waals surface area contributed by atoms with Gasteiger partial charge in [0.05, 0.1) is 7.11 Å². The first-order chi connectivity index (χ1) is 8.31. The van der Waals surface area contributed by atoms with Crippen LogP contribution in [-0.4, -0.2) is 75.3 Å². The molecule has 1 aliphatic heterocycles. The molecular weight excluding hydrogens is 246 g/mol. The van der Waals surface area contributed by atoms with Gasteiger partial charge >= 0.3 is 5.97 Å². The van der Waals surface area contributed by atoms with Crippen molar-refractivity contribution in [3.8, 4) is 0 Å². The highest BCUT2D eigenvalue weighted by molar-refractivity contribution is 5.73. The van der Waals surface area contributed by atoms with E-state index < -0.39 is 36.6 Å². The zero-order valence-corrected chi connectivity index (χ0v) is 10.4. The van der Waals surface area contributed by atoms with Gasteiger partial charge in [-0.3, -0.25) is 4.84 Å². The quantitative estimate of drug-likeness (QED) is 0.437. The zero-order valence-electron chi connectivity index (χ0n) is 10.4. The summed E-state index contributed by atoms with van der Waals surface area (Å²) in [5.41, 5.74) is 0. The molecule has 4 N–H and O–H groups in total. The topological polar surface area (TPSA) is 120 Å². The maximum Gasteiger partial charge on any atom is 0.335 e. The molecule has 8 heteroatoms. The lowest BCUT2D eigenvalue weighted by Crippen LogP contribution is -2.64. The van der Waals surface area contributed by atoms with Gasteiger partial charge in [0.25, 0.3) is 0 Å². The Morgan fingerprint density at radius 3 is 2.17 bits per heavy atom. The Hall–Kier alpha value is -0.770. The minimum absolute atomic E-state index is 0.216. The number of hydroxylamine groups is 2. The summed E-state index contributed by atoms with van der Waals surface area (Å²) >= 11 is 0. The monoisotopic (exact) mass is 265 g/mol. The van der Waals surface area contributed by atoms with E-state index in [0.29, 0.717) is 0 Å². The second kappa shape index (κ2) is 5.91. The molecule has 0 aliphatic carbocycles. The summed E-state index contributed by atoms with van der Waals surface area (Å²) in [5, 5.41) is 39.1. The average Bonchev–Trinajstić information content (AvgIpc) is 2.29. The maximum absolute atomic E-state index is 10.9. The van der Waals surface area contributed by atoms with Gasteiger partial charge in [-0.1, -0.05) is 0 Å². The summed E-state index contributed by atoms with van der Waals surface area (Å²) in [7, 11) is 1.34. The van der Waals surface area contributed by atoms with Crippen molar-refractivity contribution in [3.05, 3.63) is 0 Å². The molecule has 0 aromatic carbocycles. The third-order valence-electron chi connectivity index (χ3n) is 2.80. The molecule has 0 bridgehead atoms. The van der Waals surface area contributed by atoms with Crippen molar-refractivity contribution in [1.82, 2.24) is 5.06 Å². The van der Waals surface area contributed by atoms with E-state index in [-0.39, 0.29) is 6.04 Å². The molecule has 0 saturated carbocycles. The van der Waals surface area contributed by atoms with Gasteiger partial charge in [0.1, 0.15) is 18.3 Å². The SMILES string of the molecule is CON(C(C)C)[C@@H]1OC(C(=O)O)[C@@H](O)[C@H](O)C1O. The predicted molar refractivity (Wildman–Crippen MR) is 58.3 cm³/mol. The van der Waals surface area contributed by atoms with Crippen LogP contribution in [0, 0.1) is 0 Å². The highest BCUT2D eigenvalue weighted by Gasteiger charge is 2.49. The molecular formula is C10H19NO7. The number of carboxylic acids is 1. The standard InChI is InChI=1S/C10H19NO7/c1-4(2)11(17-3)9-7(14)5(12)6(13)8(18-9)10(15)16/h4-9,12-14H,1-3H3,(H,15,16)/t5-,6-,7?,8?,9+/m0/s1. The molecule has 0 aromatic rings. The van der Waals surface area contributed by atoms with Gasteiger partial charge in [0, 0.05) is 6.04 Å². The van der Waals surface area contributed by atoms with E-state index in [1.165, 1.54) is 12.2 Å². The third-order valence-corrected chi connectivity index (χ3v) is 2.80. The zero-order chi connectivity index (χ0) is 14.0. The van der Waals surface area contributed by atoms with Gasteiger partial charge in [0.15, 0.2) is 12.3 Å². The first-order valence-corrected chi connectivity index (χ1v) is 5.56. The van der Waals surface area contributed by atoms with Crippen LogP contribution in [0.25, 0.3) is 0 Å². The lowest BCUT2D eigenvalue weighted by Gasteiger charge is -2.43. The highest BCUT2D eigenvalue weighted by atomic mass is 16.7. The van der Waals surface area contributed by atoms with Gasteiger partial charge in [-0.15, -0.1) is 0 Å². The Morgan fingerprint density at radius 1 is 1.22 bits per heavy atom. The molecule has 0 spiro atoms. The van der Waals surface area contributed by atoms with Crippen LogP contribution in [0.15, 0.2) is 0 Å². The average molecular weight is 265 g/mol. The van der Waals surface area contributed by atoms with E-state index in [4.69, 9.17) is 14.7 Å². The van der Waals surface area contributed by atoms with Gasteiger partial charge in [-0.05, 0) is 13.8 Å². The Bertz CT molecular complexity index is 298. The minimum atomic E-state index is -1.69. The first kappa shape index (κ1) is 15.3. The molecule has 1 heterocycles. The molecule has 8 nitrogen and oxygen atoms in total. The number of aliphatic hydroxyl groups excluding tert-OH is 3. The fourth-order valence-electron chi connectivity index (χ4n) is 1.88. The van der Waals surface area contributed by atoms with Crippen LogP contribution in [0.4, 0.5) is 0 Å². The Morgan fingerprint density at radius 2 is 1.78 bits per heavy atom. The molecule has 2 unspecified atom stereocenters. The molecule has 18 heavy (non-hydrogen) atoms. The van der Waals surface area contributed by atoms with E-state index in [9.17, 15) is 20.1 Å². The minimum Gasteiger partial charge on any atom is -0.479 e. The van der Waals surface area contributed by atoms with Crippen LogP contribution in [0.5, 0.6) is 0 Å². The van der Waals surface area contributed by atoms with Gasteiger partial charge < -0.3 is 25.2 Å². The fraction of sp³-hybridized carbons (Fsp3) is 0.900. The third kappa shape index (κ3) is 2.79. The highest BCUT2D eigenvalue weighted by Crippen LogP contribution is 2.25. The summed E-state index contributed by atoms with van der Waals surface area (Å²) in [5.74, 6) is -1.42. The molecule has 1 rings (SSSR count). The molecule has 0 aromatic heterocycles. The molecule has 0 radical (unpaired) electrons. The molecule has 1 saturated heterocycles. The van der Waals surface area contributed by atoms with Crippen molar-refractivity contribution in [3.63, 3.8) is 0 Å². The van der Waals surface area contributed by atoms with E-state index in [1.807, 2.05) is 0 Å². The lowest BCUT2D eigenvalue weighted by molar-refractivity contribution is -0.330. The summed E-state index contributed by atoms with van der Waals surface area (Å²) in [6.07, 6.45) is -7.59. The van der Waals surface area contributed by atoms with Crippen LogP contribution >= 0.6 is 0 Å². The Labute approximate surface area is 104 Å². The van der Waals surface area contributed by atoms with Crippen molar-refractivity contribution >= 4 is 5.97 Å². The molecule has 1 fully saturated rings. The number of nitrogens with zero attached hydrogens (tertiary/aromatic N) is 1. The van der Waals surface area contributed by atoms with Crippen LogP contribution < -0.4 is 0 Å². The van der Waals surface area contributed by atoms with E-state index in [2.05, 4.69) is 0 Å². The normalized spacial score (nSPS) is 37.2. The van der Waals surface area contributed by atoms with Crippen LogP contribution in [0.3, 0.4) is 0 Å². The number of carbonyl (C=O) groups is 1. The van der Waals surface area contributed by atoms with Crippen LogP contribution in [0.1, 0.15) is 13.8 Å². The van der Waals surface area contributed by atoms with Gasteiger partial charge in [-0.25, -0.2) is 4.79 Å². The first-order valence-electron chi connectivity index (χ1n) is 5.56. The number of aliphatic carboxylic acids is 1. The number of ether oxygens (including phenoxy) is 1. The van der Waals surface area contributed by atoms with Gasteiger partial charge in [-0.2, -0.15) is 5.06 Å². The van der Waals surface area contributed by atoms with E-state index in [0.717, 1.165) is 0 Å². The Balaban J connectivity index is 2.94. The fourth-order valence-corrected chi connectivity index (χ4v) is 1.88.